The quantitative estimate of drug-likeness (QED) is 0.770. The molecule has 1 N–H and O–H groups in total. The zero-order chi connectivity index (χ0) is 19.1. The van der Waals surface area contributed by atoms with Crippen molar-refractivity contribution in [2.24, 2.45) is 0 Å². The minimum atomic E-state index is -0.0518. The lowest BCUT2D eigenvalue weighted by Crippen LogP contribution is -2.52. The molecule has 1 aliphatic rings. The van der Waals surface area contributed by atoms with Crippen molar-refractivity contribution in [2.45, 2.75) is 0 Å². The maximum absolute atomic E-state index is 12.3. The van der Waals surface area contributed by atoms with Crippen LogP contribution in [0.3, 0.4) is 0 Å². The van der Waals surface area contributed by atoms with E-state index in [1.54, 1.807) is 7.11 Å². The van der Waals surface area contributed by atoms with Gasteiger partial charge in [-0.2, -0.15) is 0 Å². The van der Waals surface area contributed by atoms with E-state index >= 15 is 0 Å². The summed E-state index contributed by atoms with van der Waals surface area (Å²) in [6.45, 7) is 3.86. The van der Waals surface area contributed by atoms with Gasteiger partial charge in [-0.25, -0.2) is 4.79 Å². The Labute approximate surface area is 164 Å². The van der Waals surface area contributed by atoms with Gasteiger partial charge in [-0.15, -0.1) is 0 Å². The highest BCUT2D eigenvalue weighted by molar-refractivity contribution is 6.30. The van der Waals surface area contributed by atoms with Crippen LogP contribution in [0, 0.1) is 0 Å². The summed E-state index contributed by atoms with van der Waals surface area (Å²) < 4.78 is 10.7. The number of hydrogen-bond acceptors (Lipinski definition) is 4. The molecule has 6 nitrogen and oxygen atoms in total. The molecule has 1 fully saturated rings. The molecule has 27 heavy (non-hydrogen) atoms. The van der Waals surface area contributed by atoms with Gasteiger partial charge in [-0.1, -0.05) is 11.6 Å². The predicted octanol–water partition coefficient (Wildman–Crippen LogP) is 3.26. The van der Waals surface area contributed by atoms with Crippen LogP contribution >= 0.6 is 11.6 Å². The summed E-state index contributed by atoms with van der Waals surface area (Å²) in [5.74, 6) is 1.54. The number of hydrogen-bond donors (Lipinski definition) is 1. The van der Waals surface area contributed by atoms with Gasteiger partial charge in [-0.05, 0) is 48.5 Å². The average Bonchev–Trinajstić information content (AvgIpc) is 2.72. The molecule has 0 radical (unpaired) electrons. The molecule has 0 spiro atoms. The number of benzene rings is 2. The van der Waals surface area contributed by atoms with Gasteiger partial charge >= 0.3 is 6.03 Å². The largest absolute Gasteiger partial charge is 0.497 e. The molecule has 0 aromatic heterocycles. The molecule has 3 rings (SSSR count). The third-order valence-electron chi connectivity index (χ3n) is 4.47. The number of methoxy groups -OCH3 is 1. The zero-order valence-corrected chi connectivity index (χ0v) is 16.1. The van der Waals surface area contributed by atoms with E-state index in [2.05, 4.69) is 10.2 Å². The van der Waals surface area contributed by atoms with Crippen LogP contribution in [0.5, 0.6) is 11.5 Å². The van der Waals surface area contributed by atoms with Gasteiger partial charge in [-0.3, -0.25) is 0 Å². The second-order valence-corrected chi connectivity index (χ2v) is 6.64. The van der Waals surface area contributed by atoms with Crippen LogP contribution in [0.4, 0.5) is 10.5 Å². The number of nitrogens with zero attached hydrogens (tertiary/aromatic N) is 2. The molecule has 2 aromatic rings. The van der Waals surface area contributed by atoms with E-state index in [1.807, 2.05) is 53.4 Å². The lowest BCUT2D eigenvalue weighted by Gasteiger charge is -2.36. The Morgan fingerprint density at radius 1 is 1.00 bits per heavy atom. The summed E-state index contributed by atoms with van der Waals surface area (Å²) in [4.78, 5) is 16.4. The lowest BCUT2D eigenvalue weighted by atomic mass is 10.2. The third kappa shape index (κ3) is 5.44. The first-order chi connectivity index (χ1) is 13.2. The number of carbonyl (C=O) groups is 1. The van der Waals surface area contributed by atoms with Gasteiger partial charge < -0.3 is 24.6 Å². The van der Waals surface area contributed by atoms with E-state index in [0.29, 0.717) is 26.2 Å². The van der Waals surface area contributed by atoms with E-state index in [-0.39, 0.29) is 6.03 Å². The molecule has 7 heteroatoms. The Hall–Kier alpha value is -2.60. The number of ether oxygens (including phenoxy) is 2. The van der Waals surface area contributed by atoms with Crippen molar-refractivity contribution in [3.63, 3.8) is 0 Å². The highest BCUT2D eigenvalue weighted by Gasteiger charge is 2.20. The van der Waals surface area contributed by atoms with E-state index in [0.717, 1.165) is 35.3 Å². The van der Waals surface area contributed by atoms with Gasteiger partial charge in [0.2, 0.25) is 0 Å². The molecular formula is C20H24ClN3O3. The van der Waals surface area contributed by atoms with Crippen molar-refractivity contribution in [3.8, 4) is 11.5 Å². The van der Waals surface area contributed by atoms with Crippen molar-refractivity contribution in [1.29, 1.82) is 0 Å². The summed E-state index contributed by atoms with van der Waals surface area (Å²) in [5.41, 5.74) is 1.13. The Balaban J connectivity index is 1.36. The monoisotopic (exact) mass is 389 g/mol. The maximum Gasteiger partial charge on any atom is 0.317 e. The molecule has 2 amide bonds. The second kappa shape index (κ2) is 9.37. The summed E-state index contributed by atoms with van der Waals surface area (Å²) in [7, 11) is 1.63. The van der Waals surface area contributed by atoms with Crippen LogP contribution in [-0.2, 0) is 0 Å². The average molecular weight is 390 g/mol. The summed E-state index contributed by atoms with van der Waals surface area (Å²) in [5, 5.41) is 3.64. The van der Waals surface area contributed by atoms with Crippen molar-refractivity contribution in [3.05, 3.63) is 53.6 Å². The van der Waals surface area contributed by atoms with Crippen molar-refractivity contribution in [2.75, 3.05) is 51.3 Å². The van der Waals surface area contributed by atoms with Crippen molar-refractivity contribution < 1.29 is 14.3 Å². The van der Waals surface area contributed by atoms with E-state index in [1.165, 1.54) is 0 Å². The van der Waals surface area contributed by atoms with Gasteiger partial charge in [0.05, 0.1) is 13.7 Å². The fourth-order valence-electron chi connectivity index (χ4n) is 2.93. The minimum Gasteiger partial charge on any atom is -0.497 e. The van der Waals surface area contributed by atoms with Crippen molar-refractivity contribution in [1.82, 2.24) is 10.2 Å². The standard InChI is InChI=1S/C20H24ClN3O3/c1-26-18-6-8-19(9-7-18)27-15-10-22-20(25)24-13-11-23(12-14-24)17-4-2-16(21)3-5-17/h2-9H,10-15H2,1H3,(H,22,25). The minimum absolute atomic E-state index is 0.0518. The molecule has 0 aliphatic carbocycles. The number of rotatable bonds is 6. The van der Waals surface area contributed by atoms with Crippen LogP contribution in [0.1, 0.15) is 0 Å². The topological polar surface area (TPSA) is 54.0 Å². The molecule has 1 aliphatic heterocycles. The van der Waals surface area contributed by atoms with E-state index in [4.69, 9.17) is 21.1 Å². The van der Waals surface area contributed by atoms with Crippen LogP contribution in [-0.4, -0.2) is 57.4 Å². The van der Waals surface area contributed by atoms with Crippen molar-refractivity contribution >= 4 is 23.3 Å². The predicted molar refractivity (Wildman–Crippen MR) is 107 cm³/mol. The van der Waals surface area contributed by atoms with Crippen LogP contribution in [0.2, 0.25) is 5.02 Å². The summed E-state index contributed by atoms with van der Waals surface area (Å²) in [6, 6.07) is 15.1. The lowest BCUT2D eigenvalue weighted by molar-refractivity contribution is 0.191. The molecule has 0 unspecified atom stereocenters. The number of carbonyl (C=O) groups excluding carboxylic acids is 1. The molecule has 0 bridgehead atoms. The third-order valence-corrected chi connectivity index (χ3v) is 4.72. The van der Waals surface area contributed by atoms with Gasteiger partial charge in [0, 0.05) is 36.9 Å². The fraction of sp³-hybridized carbons (Fsp3) is 0.350. The highest BCUT2D eigenvalue weighted by atomic mass is 35.5. The van der Waals surface area contributed by atoms with E-state index in [9.17, 15) is 4.79 Å². The SMILES string of the molecule is COc1ccc(OCCNC(=O)N2CCN(c3ccc(Cl)cc3)CC2)cc1. The molecule has 0 atom stereocenters. The Morgan fingerprint density at radius 2 is 1.63 bits per heavy atom. The van der Waals surface area contributed by atoms with Gasteiger partial charge in [0.1, 0.15) is 18.1 Å². The smallest absolute Gasteiger partial charge is 0.317 e. The van der Waals surface area contributed by atoms with E-state index < -0.39 is 0 Å². The number of urea groups is 1. The summed E-state index contributed by atoms with van der Waals surface area (Å²) >= 11 is 5.93. The molecule has 144 valence electrons. The Kier molecular flexibility index (Phi) is 6.65. The van der Waals surface area contributed by atoms with Gasteiger partial charge in [0.25, 0.3) is 0 Å². The molecule has 1 saturated heterocycles. The highest BCUT2D eigenvalue weighted by Crippen LogP contribution is 2.19. The molecule has 0 saturated carbocycles. The number of amides is 2. The van der Waals surface area contributed by atoms with Crippen LogP contribution in [0.15, 0.2) is 48.5 Å². The number of halogens is 1. The fourth-order valence-corrected chi connectivity index (χ4v) is 3.06. The first kappa shape index (κ1) is 19.2. The first-order valence-corrected chi connectivity index (χ1v) is 9.33. The Bertz CT molecular complexity index is 729. The normalized spacial score (nSPS) is 14.0. The number of anilines is 1. The van der Waals surface area contributed by atoms with Crippen LogP contribution in [0.25, 0.3) is 0 Å². The molecule has 2 aromatic carbocycles. The number of nitrogens with one attached hydrogen (secondary N) is 1. The Morgan fingerprint density at radius 3 is 2.26 bits per heavy atom. The molecular weight excluding hydrogens is 366 g/mol. The molecule has 1 heterocycles. The number of piperazine rings is 1. The summed E-state index contributed by atoms with van der Waals surface area (Å²) in [6.07, 6.45) is 0. The van der Waals surface area contributed by atoms with Crippen LogP contribution < -0.4 is 19.7 Å². The van der Waals surface area contributed by atoms with Gasteiger partial charge in [0.15, 0.2) is 0 Å². The second-order valence-electron chi connectivity index (χ2n) is 6.21. The zero-order valence-electron chi connectivity index (χ0n) is 15.4. The maximum atomic E-state index is 12.3. The first-order valence-electron chi connectivity index (χ1n) is 8.96.